The third kappa shape index (κ3) is 12.1. The van der Waals surface area contributed by atoms with Gasteiger partial charge in [0.1, 0.15) is 11.9 Å². The van der Waals surface area contributed by atoms with E-state index < -0.39 is 7.60 Å². The first kappa shape index (κ1) is 20.8. The summed E-state index contributed by atoms with van der Waals surface area (Å²) in [5.41, 5.74) is 0. The molecular weight excluding hydrogens is 287 g/mol. The molecule has 0 unspecified atom stereocenters. The van der Waals surface area contributed by atoms with Crippen LogP contribution in [0, 0.1) is 0 Å². The van der Waals surface area contributed by atoms with Gasteiger partial charge in [0.15, 0.2) is 0 Å². The number of carbonyl (C=O) groups excluding carboxylic acids is 1. The molecule has 0 aliphatic heterocycles. The first-order valence-electron chi connectivity index (χ1n) is 8.30. The van der Waals surface area contributed by atoms with Crippen molar-refractivity contribution in [2.75, 3.05) is 20.4 Å². The molecule has 0 saturated heterocycles. The molecule has 0 radical (unpaired) electrons. The molecule has 0 amide bonds. The van der Waals surface area contributed by atoms with Crippen molar-refractivity contribution in [2.24, 2.45) is 0 Å². The second-order valence-electron chi connectivity index (χ2n) is 5.60. The lowest BCUT2D eigenvalue weighted by Gasteiger charge is -2.12. The van der Waals surface area contributed by atoms with Gasteiger partial charge in [0.05, 0.1) is 0 Å². The quantitative estimate of drug-likeness (QED) is 0.301. The van der Waals surface area contributed by atoms with Gasteiger partial charge in [-0.25, -0.2) is 0 Å². The first-order chi connectivity index (χ1) is 10.1. The molecule has 0 aromatic rings. The Morgan fingerprint density at radius 2 is 1.24 bits per heavy atom. The maximum Gasteiger partial charge on any atom is 0.337 e. The first-order valence-corrected chi connectivity index (χ1v) is 10.0. The highest BCUT2D eigenvalue weighted by Crippen LogP contribution is 2.46. The Kier molecular flexibility index (Phi) is 13.4. The molecule has 0 bridgehead atoms. The second-order valence-corrected chi connectivity index (χ2v) is 7.87. The summed E-state index contributed by atoms with van der Waals surface area (Å²) in [5.74, 6) is -0.0263. The number of Topliss-reactive ketones (excluding diaryl/α,β-unsaturated/α-hetero) is 1. The Labute approximate surface area is 130 Å². The van der Waals surface area contributed by atoms with E-state index in [1.165, 1.54) is 65.6 Å². The van der Waals surface area contributed by atoms with Crippen molar-refractivity contribution in [3.8, 4) is 0 Å². The van der Waals surface area contributed by atoms with Crippen molar-refractivity contribution < 1.29 is 18.4 Å². The van der Waals surface area contributed by atoms with Gasteiger partial charge in [0, 0.05) is 20.6 Å². The fourth-order valence-electron chi connectivity index (χ4n) is 2.31. The number of unbranched alkanes of at least 4 members (excludes halogenated alkanes) is 9. The van der Waals surface area contributed by atoms with E-state index in [1.807, 2.05) is 0 Å². The van der Waals surface area contributed by atoms with Gasteiger partial charge >= 0.3 is 7.60 Å². The molecule has 0 saturated carbocycles. The molecule has 0 N–H and O–H groups in total. The fraction of sp³-hybridized carbons (Fsp3) is 0.938. The minimum absolute atomic E-state index is 0.0263. The van der Waals surface area contributed by atoms with E-state index in [1.54, 1.807) is 0 Å². The Morgan fingerprint density at radius 1 is 0.810 bits per heavy atom. The lowest BCUT2D eigenvalue weighted by atomic mass is 10.1. The number of hydrogen-bond donors (Lipinski definition) is 0. The Morgan fingerprint density at radius 3 is 1.67 bits per heavy atom. The van der Waals surface area contributed by atoms with E-state index in [0.29, 0.717) is 6.42 Å². The molecule has 0 spiro atoms. The van der Waals surface area contributed by atoms with Crippen molar-refractivity contribution in [3.05, 3.63) is 0 Å². The van der Waals surface area contributed by atoms with Gasteiger partial charge in [-0.2, -0.15) is 0 Å². The van der Waals surface area contributed by atoms with Crippen LogP contribution >= 0.6 is 7.60 Å². The van der Waals surface area contributed by atoms with Crippen LogP contribution in [0.1, 0.15) is 77.6 Å². The summed E-state index contributed by atoms with van der Waals surface area (Å²) >= 11 is 0. The maximum atomic E-state index is 11.8. The zero-order valence-electron chi connectivity index (χ0n) is 14.1. The SMILES string of the molecule is CCCCCCCCCCCCC(=O)CP(=O)(OC)OC. The Balaban J connectivity index is 3.43. The molecule has 4 nitrogen and oxygen atoms in total. The topological polar surface area (TPSA) is 52.6 Å². The predicted octanol–water partition coefficient (Wildman–Crippen LogP) is 5.35. The number of ketones is 1. The second kappa shape index (κ2) is 13.5. The molecule has 0 rings (SSSR count). The van der Waals surface area contributed by atoms with Crippen LogP contribution in [0.25, 0.3) is 0 Å². The number of carbonyl (C=O) groups is 1. The van der Waals surface area contributed by atoms with Crippen LogP contribution < -0.4 is 0 Å². The smallest absolute Gasteiger partial charge is 0.312 e. The zero-order chi connectivity index (χ0) is 16.0. The highest BCUT2D eigenvalue weighted by molar-refractivity contribution is 7.54. The van der Waals surface area contributed by atoms with Crippen LogP contribution in [0.2, 0.25) is 0 Å². The van der Waals surface area contributed by atoms with Crippen LogP contribution in [-0.4, -0.2) is 26.2 Å². The average molecular weight is 320 g/mol. The maximum absolute atomic E-state index is 11.8. The van der Waals surface area contributed by atoms with Gasteiger partial charge in [-0.05, 0) is 6.42 Å². The molecule has 0 aliphatic carbocycles. The van der Waals surface area contributed by atoms with E-state index >= 15 is 0 Å². The fourth-order valence-corrected chi connectivity index (χ4v) is 3.31. The molecule has 0 heterocycles. The van der Waals surface area contributed by atoms with Crippen molar-refractivity contribution in [1.29, 1.82) is 0 Å². The molecule has 21 heavy (non-hydrogen) atoms. The zero-order valence-corrected chi connectivity index (χ0v) is 15.0. The normalized spacial score (nSPS) is 11.8. The third-order valence-corrected chi connectivity index (χ3v) is 5.59. The lowest BCUT2D eigenvalue weighted by molar-refractivity contribution is -0.117. The van der Waals surface area contributed by atoms with Gasteiger partial charge in [-0.3, -0.25) is 9.36 Å². The third-order valence-electron chi connectivity index (χ3n) is 3.74. The van der Waals surface area contributed by atoms with Crippen LogP contribution in [-0.2, 0) is 18.4 Å². The van der Waals surface area contributed by atoms with Crippen molar-refractivity contribution in [3.63, 3.8) is 0 Å². The molecule has 0 aromatic heterocycles. The molecule has 0 atom stereocenters. The minimum Gasteiger partial charge on any atom is -0.312 e. The van der Waals surface area contributed by atoms with Crippen LogP contribution in [0.4, 0.5) is 0 Å². The number of hydrogen-bond acceptors (Lipinski definition) is 4. The van der Waals surface area contributed by atoms with Gasteiger partial charge in [-0.15, -0.1) is 0 Å². The summed E-state index contributed by atoms with van der Waals surface area (Å²) in [4.78, 5) is 11.7. The van der Waals surface area contributed by atoms with E-state index in [-0.39, 0.29) is 11.9 Å². The van der Waals surface area contributed by atoms with Crippen LogP contribution in [0.15, 0.2) is 0 Å². The van der Waals surface area contributed by atoms with Crippen LogP contribution in [0.5, 0.6) is 0 Å². The summed E-state index contributed by atoms with van der Waals surface area (Å²) in [6.07, 6.45) is 12.8. The molecule has 0 aliphatic rings. The monoisotopic (exact) mass is 320 g/mol. The van der Waals surface area contributed by atoms with Gasteiger partial charge < -0.3 is 9.05 Å². The summed E-state index contributed by atoms with van der Waals surface area (Å²) < 4.78 is 21.3. The van der Waals surface area contributed by atoms with E-state index in [4.69, 9.17) is 9.05 Å². The highest BCUT2D eigenvalue weighted by Gasteiger charge is 2.24. The van der Waals surface area contributed by atoms with E-state index in [9.17, 15) is 9.36 Å². The summed E-state index contributed by atoms with van der Waals surface area (Å²) in [7, 11) is -0.532. The standard InChI is InChI=1S/C16H33O4P/c1-4-5-6-7-8-9-10-11-12-13-14-16(17)15-21(18,19-2)20-3/h4-15H2,1-3H3. The van der Waals surface area contributed by atoms with Gasteiger partial charge in [-0.1, -0.05) is 64.7 Å². The molecule has 126 valence electrons. The van der Waals surface area contributed by atoms with Crippen molar-refractivity contribution in [2.45, 2.75) is 77.6 Å². The van der Waals surface area contributed by atoms with Crippen molar-refractivity contribution >= 4 is 13.4 Å². The largest absolute Gasteiger partial charge is 0.337 e. The summed E-state index contributed by atoms with van der Waals surface area (Å²) in [5, 5.41) is 0. The molecule has 5 heteroatoms. The van der Waals surface area contributed by atoms with Gasteiger partial charge in [0.25, 0.3) is 0 Å². The Hall–Kier alpha value is -0.180. The predicted molar refractivity (Wildman–Crippen MR) is 88.0 cm³/mol. The highest BCUT2D eigenvalue weighted by atomic mass is 31.2. The van der Waals surface area contributed by atoms with Crippen LogP contribution in [0.3, 0.4) is 0 Å². The summed E-state index contributed by atoms with van der Waals surface area (Å²) in [6.45, 7) is 2.24. The number of rotatable bonds is 15. The van der Waals surface area contributed by atoms with E-state index in [2.05, 4.69) is 6.92 Å². The summed E-state index contributed by atoms with van der Waals surface area (Å²) in [6, 6.07) is 0. The molecule has 0 aromatic carbocycles. The van der Waals surface area contributed by atoms with Gasteiger partial charge in [0.2, 0.25) is 0 Å². The minimum atomic E-state index is -3.17. The molecular formula is C16H33O4P. The lowest BCUT2D eigenvalue weighted by Crippen LogP contribution is -2.07. The average Bonchev–Trinajstić information content (AvgIpc) is 2.49. The van der Waals surface area contributed by atoms with Crippen molar-refractivity contribution in [1.82, 2.24) is 0 Å². The Bertz CT molecular complexity index is 297. The molecule has 0 fully saturated rings. The van der Waals surface area contributed by atoms with E-state index in [0.717, 1.165) is 12.8 Å².